The van der Waals surface area contributed by atoms with Crippen molar-refractivity contribution in [2.24, 2.45) is 5.73 Å². The molecule has 3 rings (SSSR count). The first-order chi connectivity index (χ1) is 14.2. The summed E-state index contributed by atoms with van der Waals surface area (Å²) in [6.45, 7) is 0.552. The van der Waals surface area contributed by atoms with E-state index in [2.05, 4.69) is 9.37 Å². The van der Waals surface area contributed by atoms with Gasteiger partial charge in [0, 0.05) is 27.8 Å². The summed E-state index contributed by atoms with van der Waals surface area (Å²) in [5.41, 5.74) is 10.9. The van der Waals surface area contributed by atoms with Gasteiger partial charge >= 0.3 is 103 Å². The number of imide groups is 1. The van der Waals surface area contributed by atoms with Gasteiger partial charge in [0.15, 0.2) is 0 Å². The van der Waals surface area contributed by atoms with Crippen LogP contribution in [0.3, 0.4) is 0 Å². The van der Waals surface area contributed by atoms with Crippen molar-refractivity contribution >= 4 is 50.4 Å². The van der Waals surface area contributed by atoms with Crippen LogP contribution < -0.4 is 119 Å². The predicted octanol–water partition coefficient (Wildman–Crippen LogP) is -5.71. The van der Waals surface area contributed by atoms with Crippen molar-refractivity contribution in [2.75, 3.05) is 18.8 Å². The summed E-state index contributed by atoms with van der Waals surface area (Å²) in [4.78, 5) is 26.4. The van der Waals surface area contributed by atoms with Gasteiger partial charge in [-0.3, -0.25) is 19.5 Å². The van der Waals surface area contributed by atoms with E-state index in [0.717, 1.165) is 11.0 Å². The molecule has 0 aliphatic carbocycles. The molecule has 0 saturated carbocycles. The number of carbonyl (C=O) groups is 2. The molecule has 15 heteroatoms. The van der Waals surface area contributed by atoms with E-state index in [1.807, 2.05) is 0 Å². The molecule has 1 aliphatic rings. The van der Waals surface area contributed by atoms with E-state index in [-0.39, 0.29) is 136 Å². The number of nitrogens with zero attached hydrogens (tertiary/aromatic N) is 1. The van der Waals surface area contributed by atoms with Crippen LogP contribution in [-0.4, -0.2) is 42.8 Å². The SMILES string of the molecule is NCCCCCN1C(=O)c2cc(SOO[O-])cc3c(N)c(S(=O)(=O)[O-])cc(c23)C1=O.[K+].[K+]. The maximum absolute atomic E-state index is 13.0. The molecule has 0 bridgehead atoms. The fraction of sp³-hybridized carbons (Fsp3) is 0.294. The average Bonchev–Trinajstić information content (AvgIpc) is 2.69. The van der Waals surface area contributed by atoms with E-state index in [0.29, 0.717) is 37.8 Å². The number of unbranched alkanes of at least 4 members (excludes halogenated alkanes) is 2. The van der Waals surface area contributed by atoms with Gasteiger partial charge in [-0.25, -0.2) is 8.42 Å². The van der Waals surface area contributed by atoms with Crippen molar-refractivity contribution in [1.82, 2.24) is 4.90 Å². The zero-order valence-corrected chi connectivity index (χ0v) is 25.3. The van der Waals surface area contributed by atoms with Crippen LogP contribution in [0.15, 0.2) is 28.0 Å². The molecule has 2 aromatic rings. The second-order valence-electron chi connectivity index (χ2n) is 6.51. The van der Waals surface area contributed by atoms with Crippen LogP contribution >= 0.6 is 12.0 Å². The number of nitrogens with two attached hydrogens (primary N) is 2. The number of nitrogen functional groups attached to an aromatic ring is 1. The third-order valence-corrected chi connectivity index (χ3v) is 6.10. The minimum atomic E-state index is -5.01. The smallest absolute Gasteiger partial charge is 0.744 e. The van der Waals surface area contributed by atoms with Crippen LogP contribution in [0.25, 0.3) is 10.8 Å². The largest absolute Gasteiger partial charge is 1.00 e. The van der Waals surface area contributed by atoms with E-state index in [1.165, 1.54) is 12.1 Å². The summed E-state index contributed by atoms with van der Waals surface area (Å²) >= 11 is 0.458. The summed E-state index contributed by atoms with van der Waals surface area (Å²) in [5, 5.41) is 13.6. The molecule has 1 aliphatic heterocycles. The van der Waals surface area contributed by atoms with Crippen molar-refractivity contribution in [3.63, 3.8) is 0 Å². The zero-order chi connectivity index (χ0) is 22.1. The first kappa shape index (κ1) is 31.0. The Morgan fingerprint density at radius 1 is 1.03 bits per heavy atom. The number of hydrogen-bond acceptors (Lipinski definition) is 11. The number of amides is 2. The molecule has 0 saturated heterocycles. The number of anilines is 1. The Hall–Kier alpha value is 1.01. The Morgan fingerprint density at radius 2 is 1.66 bits per heavy atom. The van der Waals surface area contributed by atoms with Gasteiger partial charge in [-0.05, 0) is 37.6 Å². The van der Waals surface area contributed by atoms with Gasteiger partial charge in [-0.2, -0.15) is 4.33 Å². The van der Waals surface area contributed by atoms with Gasteiger partial charge in [0.25, 0.3) is 11.8 Å². The Balaban J connectivity index is 0.00000256. The first-order valence-corrected chi connectivity index (χ1v) is 10.9. The summed E-state index contributed by atoms with van der Waals surface area (Å²) < 4.78 is 39.3. The van der Waals surface area contributed by atoms with Crippen LogP contribution in [0, 0.1) is 0 Å². The molecule has 162 valence electrons. The maximum atomic E-state index is 13.0. The zero-order valence-electron chi connectivity index (χ0n) is 17.5. The van der Waals surface area contributed by atoms with E-state index in [9.17, 15) is 27.8 Å². The molecule has 2 aromatic carbocycles. The topological polar surface area (TPSA) is 188 Å². The van der Waals surface area contributed by atoms with Gasteiger partial charge in [0.2, 0.25) is 0 Å². The Labute approximate surface area is 273 Å². The average molecular weight is 534 g/mol. The Kier molecular flexibility index (Phi) is 13.0. The van der Waals surface area contributed by atoms with Crippen LogP contribution in [0.4, 0.5) is 5.69 Å². The fourth-order valence-electron chi connectivity index (χ4n) is 3.35. The fourth-order valence-corrected chi connectivity index (χ4v) is 4.43. The van der Waals surface area contributed by atoms with Crippen molar-refractivity contribution in [3.8, 4) is 0 Å². The number of benzene rings is 2. The molecule has 0 radical (unpaired) electrons. The van der Waals surface area contributed by atoms with E-state index < -0.39 is 32.5 Å². The Bertz CT molecular complexity index is 1130. The second kappa shape index (κ2) is 13.4. The third-order valence-electron chi connectivity index (χ3n) is 4.68. The molecule has 0 atom stereocenters. The van der Waals surface area contributed by atoms with E-state index in [4.69, 9.17) is 11.5 Å². The number of rotatable bonds is 9. The van der Waals surface area contributed by atoms with Crippen molar-refractivity contribution in [3.05, 3.63) is 29.3 Å². The summed E-state index contributed by atoms with van der Waals surface area (Å²) in [6, 6.07) is 3.56. The van der Waals surface area contributed by atoms with Gasteiger partial charge in [-0.15, -0.1) is 0 Å². The molecule has 1 heterocycles. The summed E-state index contributed by atoms with van der Waals surface area (Å²) in [5.74, 6) is -1.34. The van der Waals surface area contributed by atoms with Crippen molar-refractivity contribution in [2.45, 2.75) is 29.1 Å². The van der Waals surface area contributed by atoms with Crippen LogP contribution in [0.1, 0.15) is 40.0 Å². The van der Waals surface area contributed by atoms with Gasteiger partial charge in [0.05, 0.1) is 28.2 Å². The maximum Gasteiger partial charge on any atom is 1.00 e. The quantitative estimate of drug-likeness (QED) is 0.0457. The van der Waals surface area contributed by atoms with Gasteiger partial charge in [-0.1, -0.05) is 6.42 Å². The second-order valence-corrected chi connectivity index (χ2v) is 8.64. The molecule has 32 heavy (non-hydrogen) atoms. The van der Waals surface area contributed by atoms with Gasteiger partial charge < -0.3 is 21.3 Å². The molecule has 0 spiro atoms. The van der Waals surface area contributed by atoms with Crippen molar-refractivity contribution in [1.29, 1.82) is 0 Å². The van der Waals surface area contributed by atoms with Crippen LogP contribution in [0.5, 0.6) is 0 Å². The van der Waals surface area contributed by atoms with Gasteiger partial charge in [0.1, 0.15) is 10.1 Å². The minimum absolute atomic E-state index is 0. The standard InChI is InChI=1S/C17H19N3O8S2.2K/c18-4-2-1-3-5-20-16(21)11-7-9(29-28-27-23)6-10-14(11)12(17(20)22)8-13(15(10)19)30(24,25)26;;/h6-8,23H,1-5,18-19H2,(H,24,25,26);;/q;2*+1/p-2. The third kappa shape index (κ3) is 6.61. The molecule has 0 aromatic heterocycles. The van der Waals surface area contributed by atoms with Crippen LogP contribution in [0.2, 0.25) is 0 Å². The summed E-state index contributed by atoms with van der Waals surface area (Å²) in [6.07, 6.45) is 1.89. The normalized spacial score (nSPS) is 13.2. The van der Waals surface area contributed by atoms with Crippen molar-refractivity contribution < 1.29 is 140 Å². The molecule has 0 fully saturated rings. The van der Waals surface area contributed by atoms with E-state index >= 15 is 0 Å². The Morgan fingerprint density at radius 3 is 2.22 bits per heavy atom. The molecule has 11 nitrogen and oxygen atoms in total. The molecular weight excluding hydrogens is 517 g/mol. The molecular formula is C17H17K2N3O8S2. The first-order valence-electron chi connectivity index (χ1n) is 8.76. The predicted molar refractivity (Wildman–Crippen MR) is 103 cm³/mol. The minimum Gasteiger partial charge on any atom is -0.744 e. The summed E-state index contributed by atoms with van der Waals surface area (Å²) in [7, 11) is -5.01. The monoisotopic (exact) mass is 533 g/mol. The molecule has 4 N–H and O–H groups in total. The van der Waals surface area contributed by atoms with E-state index in [1.54, 1.807) is 0 Å². The molecule has 2 amide bonds. The number of carbonyl (C=O) groups excluding carboxylic acids is 2. The van der Waals surface area contributed by atoms with Crippen LogP contribution in [-0.2, 0) is 19.5 Å². The molecule has 0 unspecified atom stereocenters. The number of hydrogen-bond donors (Lipinski definition) is 2.